The maximum Gasteiger partial charge on any atom is 0.200 e. The summed E-state index contributed by atoms with van der Waals surface area (Å²) in [5.41, 5.74) is 4.36. The first-order valence-electron chi connectivity index (χ1n) is 11.7. The average Bonchev–Trinajstić information content (AvgIpc) is 2.84. The summed E-state index contributed by atoms with van der Waals surface area (Å²) in [6, 6.07) is 25.9. The Kier molecular flexibility index (Phi) is 5.21. The predicted octanol–water partition coefficient (Wildman–Crippen LogP) is 7.01. The minimum atomic E-state index is -0.369. The first-order valence-corrected chi connectivity index (χ1v) is 11.7. The molecule has 0 bridgehead atoms. The summed E-state index contributed by atoms with van der Waals surface area (Å²) in [6.45, 7) is 8.39. The number of phenolic OH excluding ortho intramolecular Hbond substituents is 2. The second kappa shape index (κ2) is 8.02. The van der Waals surface area contributed by atoms with Crippen molar-refractivity contribution >= 4 is 21.9 Å². The Balaban J connectivity index is 1.65. The van der Waals surface area contributed by atoms with Gasteiger partial charge >= 0.3 is 0 Å². The van der Waals surface area contributed by atoms with E-state index in [0.717, 1.165) is 22.3 Å². The van der Waals surface area contributed by atoms with Crippen LogP contribution >= 0.6 is 0 Å². The van der Waals surface area contributed by atoms with E-state index in [0.29, 0.717) is 21.9 Å². The SMILES string of the molecule is CC(C)(c1ccc(O)cc1)c1ccc2oc3ccc(C(C)(C)c4ccc(O)cc4)cc3c(=O)c2c1. The molecule has 35 heavy (non-hydrogen) atoms. The van der Waals surface area contributed by atoms with Gasteiger partial charge in [0, 0.05) is 10.8 Å². The second-order valence-corrected chi connectivity index (χ2v) is 10.2. The number of benzene rings is 4. The first kappa shape index (κ1) is 22.7. The summed E-state index contributed by atoms with van der Waals surface area (Å²) < 4.78 is 6.14. The van der Waals surface area contributed by atoms with Crippen molar-refractivity contribution in [2.75, 3.05) is 0 Å². The van der Waals surface area contributed by atoms with Gasteiger partial charge in [-0.3, -0.25) is 4.79 Å². The molecule has 0 spiro atoms. The van der Waals surface area contributed by atoms with Gasteiger partial charge < -0.3 is 14.6 Å². The maximum atomic E-state index is 13.7. The highest BCUT2D eigenvalue weighted by Gasteiger charge is 2.26. The predicted molar refractivity (Wildman–Crippen MR) is 140 cm³/mol. The zero-order valence-corrected chi connectivity index (χ0v) is 20.3. The molecule has 4 nitrogen and oxygen atoms in total. The third kappa shape index (κ3) is 3.85. The van der Waals surface area contributed by atoms with E-state index in [4.69, 9.17) is 4.42 Å². The van der Waals surface area contributed by atoms with Crippen LogP contribution in [0.4, 0.5) is 0 Å². The lowest BCUT2D eigenvalue weighted by atomic mass is 9.77. The molecule has 176 valence electrons. The molecule has 0 aliphatic carbocycles. The molecule has 1 heterocycles. The molecule has 4 heteroatoms. The fraction of sp³-hybridized carbons (Fsp3) is 0.194. The summed E-state index contributed by atoms with van der Waals surface area (Å²) in [4.78, 5) is 13.7. The zero-order valence-electron chi connectivity index (χ0n) is 20.3. The Bertz CT molecular complexity index is 1490. The Hall–Kier alpha value is -4.05. The molecular formula is C31H28O4. The lowest BCUT2D eigenvalue weighted by Gasteiger charge is -2.27. The van der Waals surface area contributed by atoms with Crippen LogP contribution in [0.15, 0.2) is 94.1 Å². The van der Waals surface area contributed by atoms with Crippen LogP contribution in [0.3, 0.4) is 0 Å². The standard InChI is InChI=1S/C31H28O4/c1-30(2,19-5-11-23(32)12-6-19)21-9-15-27-25(17-21)29(34)26-18-22(10-16-28(26)35-27)31(3,4)20-7-13-24(33)14-8-20/h5-18,32-33H,1-4H3. The van der Waals surface area contributed by atoms with Gasteiger partial charge in [-0.05, 0) is 70.8 Å². The Morgan fingerprint density at radius 3 is 1.26 bits per heavy atom. The fourth-order valence-corrected chi connectivity index (χ4v) is 4.72. The highest BCUT2D eigenvalue weighted by atomic mass is 16.3. The van der Waals surface area contributed by atoms with Gasteiger partial charge in [0.25, 0.3) is 0 Å². The third-order valence-electron chi connectivity index (χ3n) is 7.29. The maximum absolute atomic E-state index is 13.7. The largest absolute Gasteiger partial charge is 0.508 e. The minimum absolute atomic E-state index is 0.0621. The van der Waals surface area contributed by atoms with Gasteiger partial charge in [-0.25, -0.2) is 0 Å². The number of phenols is 2. The van der Waals surface area contributed by atoms with Gasteiger partial charge in [-0.2, -0.15) is 0 Å². The van der Waals surface area contributed by atoms with Crippen molar-refractivity contribution in [1.82, 2.24) is 0 Å². The van der Waals surface area contributed by atoms with Crippen LogP contribution in [-0.4, -0.2) is 10.2 Å². The molecule has 2 N–H and O–H groups in total. The monoisotopic (exact) mass is 464 g/mol. The highest BCUT2D eigenvalue weighted by Crippen LogP contribution is 2.36. The van der Waals surface area contributed by atoms with E-state index >= 15 is 0 Å². The van der Waals surface area contributed by atoms with Crippen molar-refractivity contribution in [2.45, 2.75) is 38.5 Å². The third-order valence-corrected chi connectivity index (χ3v) is 7.29. The van der Waals surface area contributed by atoms with Crippen LogP contribution in [0.1, 0.15) is 49.9 Å². The van der Waals surface area contributed by atoms with Crippen molar-refractivity contribution in [1.29, 1.82) is 0 Å². The molecule has 5 rings (SSSR count). The zero-order chi connectivity index (χ0) is 25.0. The summed E-state index contributed by atoms with van der Waals surface area (Å²) in [6.07, 6.45) is 0. The molecule has 0 radical (unpaired) electrons. The van der Waals surface area contributed by atoms with Gasteiger partial charge in [0.2, 0.25) is 5.43 Å². The molecule has 0 saturated heterocycles. The quantitative estimate of drug-likeness (QED) is 0.281. The molecule has 1 aromatic heterocycles. The molecule has 0 saturated carbocycles. The fourth-order valence-electron chi connectivity index (χ4n) is 4.72. The van der Waals surface area contributed by atoms with E-state index < -0.39 is 0 Å². The number of rotatable bonds is 4. The van der Waals surface area contributed by atoms with Crippen LogP contribution in [0.5, 0.6) is 11.5 Å². The Labute approximate surface area is 204 Å². The summed E-state index contributed by atoms with van der Waals surface area (Å²) >= 11 is 0. The molecule has 4 aromatic carbocycles. The number of fused-ring (bicyclic) bond motifs is 2. The van der Waals surface area contributed by atoms with Gasteiger partial charge in [-0.15, -0.1) is 0 Å². The molecule has 0 atom stereocenters. The summed E-state index contributed by atoms with van der Waals surface area (Å²) in [5.74, 6) is 0.447. The van der Waals surface area contributed by atoms with Crippen LogP contribution in [0, 0.1) is 0 Å². The highest BCUT2D eigenvalue weighted by molar-refractivity contribution is 5.90. The van der Waals surface area contributed by atoms with Crippen molar-refractivity contribution < 1.29 is 14.6 Å². The van der Waals surface area contributed by atoms with Crippen molar-refractivity contribution in [2.24, 2.45) is 0 Å². The van der Waals surface area contributed by atoms with E-state index in [1.165, 1.54) is 0 Å². The Morgan fingerprint density at radius 2 is 0.886 bits per heavy atom. The van der Waals surface area contributed by atoms with Crippen molar-refractivity contribution in [3.05, 3.63) is 117 Å². The molecule has 0 aliphatic rings. The lowest BCUT2D eigenvalue weighted by molar-refractivity contribution is 0.474. The van der Waals surface area contributed by atoms with Crippen molar-refractivity contribution in [3.8, 4) is 11.5 Å². The lowest BCUT2D eigenvalue weighted by Crippen LogP contribution is -2.20. The van der Waals surface area contributed by atoms with Crippen LogP contribution in [0.2, 0.25) is 0 Å². The molecular weight excluding hydrogens is 436 g/mol. The normalized spacial score (nSPS) is 12.3. The first-order chi connectivity index (χ1) is 16.6. The Morgan fingerprint density at radius 1 is 0.543 bits per heavy atom. The molecule has 0 fully saturated rings. The van der Waals surface area contributed by atoms with E-state index in [9.17, 15) is 15.0 Å². The number of aromatic hydroxyl groups is 2. The van der Waals surface area contributed by atoms with E-state index in [1.807, 2.05) is 60.7 Å². The van der Waals surface area contributed by atoms with Crippen LogP contribution in [-0.2, 0) is 10.8 Å². The molecule has 0 unspecified atom stereocenters. The van der Waals surface area contributed by atoms with Gasteiger partial charge in [-0.1, -0.05) is 64.1 Å². The average molecular weight is 465 g/mol. The smallest absolute Gasteiger partial charge is 0.200 e. The minimum Gasteiger partial charge on any atom is -0.508 e. The molecule has 5 aromatic rings. The van der Waals surface area contributed by atoms with Crippen molar-refractivity contribution in [3.63, 3.8) is 0 Å². The summed E-state index contributed by atoms with van der Waals surface area (Å²) in [7, 11) is 0. The van der Waals surface area contributed by atoms with E-state index in [-0.39, 0.29) is 27.8 Å². The van der Waals surface area contributed by atoms with Crippen LogP contribution < -0.4 is 5.43 Å². The van der Waals surface area contributed by atoms with Crippen LogP contribution in [0.25, 0.3) is 21.9 Å². The van der Waals surface area contributed by atoms with E-state index in [1.54, 1.807) is 24.3 Å². The van der Waals surface area contributed by atoms with Gasteiger partial charge in [0.1, 0.15) is 22.7 Å². The summed E-state index contributed by atoms with van der Waals surface area (Å²) in [5, 5.41) is 20.4. The van der Waals surface area contributed by atoms with Gasteiger partial charge in [0.05, 0.1) is 10.8 Å². The molecule has 0 amide bonds. The second-order valence-electron chi connectivity index (χ2n) is 10.2. The van der Waals surface area contributed by atoms with E-state index in [2.05, 4.69) is 27.7 Å². The number of hydrogen-bond acceptors (Lipinski definition) is 4. The number of hydrogen-bond donors (Lipinski definition) is 2. The van der Waals surface area contributed by atoms with Gasteiger partial charge in [0.15, 0.2) is 0 Å². The topological polar surface area (TPSA) is 70.7 Å². The molecule has 0 aliphatic heterocycles.